The smallest absolute Gasteiger partial charge is 0.394 e. The fraction of sp³-hybridized carbons (Fsp3) is 0.452. The largest absolute Gasteiger partial charge is 0.478 e. The molecule has 8 heteroatoms. The van der Waals surface area contributed by atoms with Gasteiger partial charge in [0.1, 0.15) is 11.6 Å². The van der Waals surface area contributed by atoms with Crippen LogP contribution < -0.4 is 0 Å². The Morgan fingerprint density at radius 2 is 1.74 bits per heavy atom. The van der Waals surface area contributed by atoms with Crippen molar-refractivity contribution in [2.24, 2.45) is 10.8 Å². The van der Waals surface area contributed by atoms with Crippen LogP contribution in [0.5, 0.6) is 0 Å². The molecule has 0 saturated heterocycles. The van der Waals surface area contributed by atoms with Gasteiger partial charge in [0, 0.05) is 24.2 Å². The Labute approximate surface area is 225 Å². The molecule has 0 aromatic heterocycles. The van der Waals surface area contributed by atoms with Gasteiger partial charge in [-0.1, -0.05) is 31.2 Å². The second-order valence-electron chi connectivity index (χ2n) is 11.7. The Morgan fingerprint density at radius 3 is 2.31 bits per heavy atom. The molecule has 1 N–H and O–H groups in total. The van der Waals surface area contributed by atoms with Gasteiger partial charge in [-0.3, -0.25) is 4.90 Å². The molecule has 0 amide bonds. The number of nitrogens with zero attached hydrogens (tertiary/aromatic N) is 1. The number of aryl methyl sites for hydroxylation is 1. The first-order valence-corrected chi connectivity index (χ1v) is 13.3. The van der Waals surface area contributed by atoms with E-state index < -0.39 is 40.7 Å². The number of carboxylic acids is 1. The van der Waals surface area contributed by atoms with Crippen LogP contribution in [-0.2, 0) is 11.2 Å². The molecule has 208 valence electrons. The molecule has 2 aromatic carbocycles. The van der Waals surface area contributed by atoms with E-state index in [1.165, 1.54) is 0 Å². The lowest BCUT2D eigenvalue weighted by atomic mass is 9.34. The van der Waals surface area contributed by atoms with Gasteiger partial charge in [0.25, 0.3) is 0 Å². The number of halogens is 5. The maximum Gasteiger partial charge on any atom is 0.394 e. The molecule has 2 atom stereocenters. The number of hydrogen-bond donors (Lipinski definition) is 1. The van der Waals surface area contributed by atoms with Gasteiger partial charge in [-0.2, -0.15) is 13.2 Å². The quantitative estimate of drug-likeness (QED) is 0.283. The molecular formula is C31H32F5NO2. The van der Waals surface area contributed by atoms with Crippen LogP contribution in [0.15, 0.2) is 48.0 Å². The molecule has 0 spiro atoms. The lowest BCUT2D eigenvalue weighted by Crippen LogP contribution is -2.71. The van der Waals surface area contributed by atoms with E-state index in [9.17, 15) is 18.0 Å². The van der Waals surface area contributed by atoms with Crippen molar-refractivity contribution in [2.75, 3.05) is 6.54 Å². The molecule has 3 saturated carbocycles. The van der Waals surface area contributed by atoms with Gasteiger partial charge in [0.15, 0.2) is 0 Å². The maximum atomic E-state index is 15.7. The molecule has 3 aliphatic carbocycles. The average molecular weight is 546 g/mol. The Hall–Kier alpha value is -3.00. The van der Waals surface area contributed by atoms with Gasteiger partial charge in [-0.25, -0.2) is 13.6 Å². The summed E-state index contributed by atoms with van der Waals surface area (Å²) in [5.41, 5.74) is 1.73. The van der Waals surface area contributed by atoms with Crippen LogP contribution >= 0.6 is 0 Å². The lowest BCUT2D eigenvalue weighted by molar-refractivity contribution is -0.366. The van der Waals surface area contributed by atoms with Crippen LogP contribution in [0.4, 0.5) is 22.0 Å². The number of hydrogen-bond acceptors (Lipinski definition) is 2. The predicted molar refractivity (Wildman–Crippen MR) is 140 cm³/mol. The summed E-state index contributed by atoms with van der Waals surface area (Å²) in [6, 6.07) is 9.19. The minimum atomic E-state index is -4.23. The third-order valence-corrected chi connectivity index (χ3v) is 9.06. The monoisotopic (exact) mass is 545 g/mol. The van der Waals surface area contributed by atoms with Crippen molar-refractivity contribution in [3.05, 3.63) is 81.9 Å². The van der Waals surface area contributed by atoms with E-state index in [1.54, 1.807) is 0 Å². The lowest BCUT2D eigenvalue weighted by Gasteiger charge is -2.72. The molecule has 2 bridgehead atoms. The first-order valence-electron chi connectivity index (χ1n) is 13.3. The van der Waals surface area contributed by atoms with Gasteiger partial charge in [0.05, 0.1) is 11.5 Å². The van der Waals surface area contributed by atoms with Crippen LogP contribution in [-0.4, -0.2) is 34.7 Å². The minimum Gasteiger partial charge on any atom is -0.478 e. The number of aliphatic carboxylic acids is 1. The predicted octanol–water partition coefficient (Wildman–Crippen LogP) is 7.97. The number of rotatable bonds is 7. The summed E-state index contributed by atoms with van der Waals surface area (Å²) in [5.74, 6) is -2.85. The summed E-state index contributed by atoms with van der Waals surface area (Å²) in [6.07, 6.45) is -0.732. The third-order valence-electron chi connectivity index (χ3n) is 9.06. The standard InChI is InChI=1S/C31H32F5NO2/c1-4-21-7-5-6-8-22(21)23-11-18(2)37(17-29-14-30(15-29,16-29)31(34,35)36)28(19(23)3)27-24(32)12-20(13-25(27)33)9-10-26(38)39/h5-10,12-13,18,28H,4,11,14-17H2,1-3H3,(H,38,39)/b10-9+. The molecule has 39 heavy (non-hydrogen) atoms. The minimum absolute atomic E-state index is 0.0532. The molecule has 3 fully saturated rings. The van der Waals surface area contributed by atoms with Gasteiger partial charge < -0.3 is 5.11 Å². The summed E-state index contributed by atoms with van der Waals surface area (Å²) in [7, 11) is 0. The molecule has 6 rings (SSSR count). The van der Waals surface area contributed by atoms with E-state index in [1.807, 2.05) is 49.9 Å². The molecule has 2 unspecified atom stereocenters. The molecular weight excluding hydrogens is 513 g/mol. The van der Waals surface area contributed by atoms with E-state index in [2.05, 4.69) is 0 Å². The Bertz CT molecular complexity index is 1330. The maximum absolute atomic E-state index is 15.7. The van der Waals surface area contributed by atoms with Crippen LogP contribution in [0.1, 0.15) is 74.8 Å². The SMILES string of the molecule is CCc1ccccc1C1=C(C)C(c2c(F)cc(/C=C/C(=O)O)cc2F)N(CC23CC(C(F)(F)F)(C2)C3)C(C)C1. The van der Waals surface area contributed by atoms with Crippen LogP contribution in [0.2, 0.25) is 0 Å². The fourth-order valence-electron chi connectivity index (χ4n) is 7.30. The highest BCUT2D eigenvalue weighted by atomic mass is 19.4. The highest BCUT2D eigenvalue weighted by Gasteiger charge is 2.78. The Morgan fingerprint density at radius 1 is 1.13 bits per heavy atom. The normalized spacial score (nSPS) is 28.9. The van der Waals surface area contributed by atoms with Crippen molar-refractivity contribution in [1.29, 1.82) is 0 Å². The summed E-state index contributed by atoms with van der Waals surface area (Å²) in [5, 5.41) is 8.90. The number of benzene rings is 2. The zero-order valence-electron chi connectivity index (χ0n) is 22.2. The van der Waals surface area contributed by atoms with Crippen LogP contribution in [0.25, 0.3) is 11.6 Å². The second-order valence-corrected chi connectivity index (χ2v) is 11.7. The third kappa shape index (κ3) is 4.60. The van der Waals surface area contributed by atoms with Crippen molar-refractivity contribution < 1.29 is 31.9 Å². The molecule has 3 nitrogen and oxygen atoms in total. The number of carboxylic acid groups (broad SMARTS) is 1. The van der Waals surface area contributed by atoms with Gasteiger partial charge in [0.2, 0.25) is 0 Å². The summed E-state index contributed by atoms with van der Waals surface area (Å²) in [6.45, 7) is 6.21. The average Bonchev–Trinajstić information content (AvgIpc) is 2.80. The first-order chi connectivity index (χ1) is 18.3. The number of alkyl halides is 3. The van der Waals surface area contributed by atoms with Crippen LogP contribution in [0, 0.1) is 22.5 Å². The van der Waals surface area contributed by atoms with Crippen molar-refractivity contribution in [2.45, 2.75) is 71.1 Å². The number of carbonyl (C=O) groups is 1. The van der Waals surface area contributed by atoms with Crippen molar-refractivity contribution in [1.82, 2.24) is 4.90 Å². The highest BCUT2D eigenvalue weighted by molar-refractivity contribution is 5.85. The Kier molecular flexibility index (Phi) is 6.77. The van der Waals surface area contributed by atoms with E-state index >= 15 is 8.78 Å². The summed E-state index contributed by atoms with van der Waals surface area (Å²) < 4.78 is 72.1. The van der Waals surface area contributed by atoms with E-state index in [4.69, 9.17) is 5.11 Å². The van der Waals surface area contributed by atoms with Gasteiger partial charge >= 0.3 is 12.1 Å². The van der Waals surface area contributed by atoms with Crippen molar-refractivity contribution in [3.63, 3.8) is 0 Å². The van der Waals surface area contributed by atoms with Gasteiger partial charge in [-0.05, 0) is 97.4 Å². The highest BCUT2D eigenvalue weighted by Crippen LogP contribution is 2.78. The molecule has 1 aliphatic heterocycles. The van der Waals surface area contributed by atoms with E-state index in [0.29, 0.717) is 13.0 Å². The fourth-order valence-corrected chi connectivity index (χ4v) is 7.30. The van der Waals surface area contributed by atoms with Crippen LogP contribution in [0.3, 0.4) is 0 Å². The van der Waals surface area contributed by atoms with E-state index in [0.717, 1.165) is 53.0 Å². The van der Waals surface area contributed by atoms with E-state index in [-0.39, 0.29) is 36.4 Å². The van der Waals surface area contributed by atoms with Gasteiger partial charge in [-0.15, -0.1) is 0 Å². The molecule has 2 aromatic rings. The zero-order chi connectivity index (χ0) is 28.3. The topological polar surface area (TPSA) is 40.5 Å². The Balaban J connectivity index is 1.59. The summed E-state index contributed by atoms with van der Waals surface area (Å²) >= 11 is 0. The zero-order valence-corrected chi connectivity index (χ0v) is 22.2. The summed E-state index contributed by atoms with van der Waals surface area (Å²) in [4.78, 5) is 12.9. The molecule has 0 radical (unpaired) electrons. The van der Waals surface area contributed by atoms with Crippen molar-refractivity contribution >= 4 is 17.6 Å². The first kappa shape index (κ1) is 27.6. The second kappa shape index (κ2) is 9.58. The molecule has 1 heterocycles. The van der Waals surface area contributed by atoms with Crippen molar-refractivity contribution in [3.8, 4) is 0 Å². The molecule has 4 aliphatic rings.